The van der Waals surface area contributed by atoms with E-state index in [0.717, 1.165) is 11.1 Å². The summed E-state index contributed by atoms with van der Waals surface area (Å²) in [4.78, 5) is 10.3. The predicted octanol–water partition coefficient (Wildman–Crippen LogP) is 3.54. The van der Waals surface area contributed by atoms with Gasteiger partial charge in [0.15, 0.2) is 6.61 Å². The largest absolute Gasteiger partial charge is 0.481 e. The summed E-state index contributed by atoms with van der Waals surface area (Å²) in [5.41, 5.74) is 1.74. The molecule has 0 radical (unpaired) electrons. The van der Waals surface area contributed by atoms with E-state index in [0.29, 0.717) is 5.76 Å². The summed E-state index contributed by atoms with van der Waals surface area (Å²) in [6.45, 7) is 12.9. The molecule has 0 bridgehead atoms. The maximum Gasteiger partial charge on any atom is 0.341 e. The van der Waals surface area contributed by atoms with Gasteiger partial charge in [0.25, 0.3) is 0 Å². The topological polar surface area (TPSA) is 46.5 Å². The van der Waals surface area contributed by atoms with Crippen LogP contribution in [0.4, 0.5) is 0 Å². The SMILES string of the molecule is C=C/C(C)=C(OCC(=O)O)\C(C)=C/C.CC. The quantitative estimate of drug-likeness (QED) is 0.576. The maximum absolute atomic E-state index is 10.3. The average molecular weight is 226 g/mol. The third-order valence-corrected chi connectivity index (χ3v) is 1.80. The monoisotopic (exact) mass is 226 g/mol. The third-order valence-electron chi connectivity index (χ3n) is 1.80. The first-order chi connectivity index (χ1) is 7.52. The van der Waals surface area contributed by atoms with Gasteiger partial charge in [-0.2, -0.15) is 0 Å². The standard InChI is InChI=1S/C11H16O3.C2H6/c1-5-8(3)11(9(4)6-2)14-7-10(12)13;1-2/h5-6H,1,7H2,2-4H3,(H,12,13);1-2H3/b9-6-,11-8+;. The molecule has 92 valence electrons. The molecule has 0 heterocycles. The molecule has 0 fully saturated rings. The molecule has 3 heteroatoms. The molecule has 0 saturated heterocycles. The van der Waals surface area contributed by atoms with Crippen LogP contribution in [0, 0.1) is 0 Å². The molecule has 0 unspecified atom stereocenters. The molecule has 0 aromatic carbocycles. The van der Waals surface area contributed by atoms with Crippen LogP contribution in [-0.4, -0.2) is 17.7 Å². The molecule has 0 atom stereocenters. The van der Waals surface area contributed by atoms with E-state index < -0.39 is 5.97 Å². The Bertz CT molecular complexity index is 286. The molecule has 0 spiro atoms. The summed E-state index contributed by atoms with van der Waals surface area (Å²) in [6, 6.07) is 0. The summed E-state index contributed by atoms with van der Waals surface area (Å²) < 4.78 is 5.15. The number of ether oxygens (including phenoxy) is 1. The van der Waals surface area contributed by atoms with Crippen LogP contribution in [0.15, 0.2) is 35.6 Å². The minimum absolute atomic E-state index is 0.328. The van der Waals surface area contributed by atoms with Gasteiger partial charge in [0.05, 0.1) is 0 Å². The zero-order valence-corrected chi connectivity index (χ0v) is 10.8. The number of carboxylic acid groups (broad SMARTS) is 1. The van der Waals surface area contributed by atoms with Gasteiger partial charge in [0, 0.05) is 0 Å². The first kappa shape index (κ1) is 16.9. The molecular weight excluding hydrogens is 204 g/mol. The lowest BCUT2D eigenvalue weighted by molar-refractivity contribution is -0.140. The van der Waals surface area contributed by atoms with Crippen molar-refractivity contribution in [2.45, 2.75) is 34.6 Å². The summed E-state index contributed by atoms with van der Waals surface area (Å²) >= 11 is 0. The molecule has 0 amide bonds. The van der Waals surface area contributed by atoms with E-state index in [2.05, 4.69) is 6.58 Å². The second-order valence-corrected chi connectivity index (χ2v) is 2.87. The zero-order valence-electron chi connectivity index (χ0n) is 10.8. The number of hydrogen-bond acceptors (Lipinski definition) is 2. The van der Waals surface area contributed by atoms with Crippen molar-refractivity contribution in [2.75, 3.05) is 6.61 Å². The molecule has 0 aromatic heterocycles. The summed E-state index contributed by atoms with van der Waals surface area (Å²) in [5, 5.41) is 8.48. The van der Waals surface area contributed by atoms with Crippen LogP contribution in [0.5, 0.6) is 0 Å². The van der Waals surface area contributed by atoms with E-state index >= 15 is 0 Å². The molecule has 0 rings (SSSR count). The van der Waals surface area contributed by atoms with Crippen molar-refractivity contribution < 1.29 is 14.6 Å². The van der Waals surface area contributed by atoms with Gasteiger partial charge in [-0.25, -0.2) is 4.79 Å². The zero-order chi connectivity index (χ0) is 13.1. The van der Waals surface area contributed by atoms with E-state index in [9.17, 15) is 4.79 Å². The molecule has 0 saturated carbocycles. The number of carboxylic acids is 1. The second-order valence-electron chi connectivity index (χ2n) is 2.87. The van der Waals surface area contributed by atoms with Crippen LogP contribution in [0.2, 0.25) is 0 Å². The minimum atomic E-state index is -0.983. The van der Waals surface area contributed by atoms with Crippen LogP contribution < -0.4 is 0 Å². The second kappa shape index (κ2) is 10.0. The summed E-state index contributed by atoms with van der Waals surface area (Å²) in [6.07, 6.45) is 3.51. The van der Waals surface area contributed by atoms with Gasteiger partial charge in [-0.3, -0.25) is 0 Å². The van der Waals surface area contributed by atoms with Gasteiger partial charge in [-0.1, -0.05) is 32.6 Å². The van der Waals surface area contributed by atoms with Gasteiger partial charge < -0.3 is 9.84 Å². The van der Waals surface area contributed by atoms with Crippen molar-refractivity contribution in [3.05, 3.63) is 35.6 Å². The lowest BCUT2D eigenvalue weighted by atomic mass is 10.1. The first-order valence-electron chi connectivity index (χ1n) is 5.34. The van der Waals surface area contributed by atoms with Gasteiger partial charge >= 0.3 is 5.97 Å². The van der Waals surface area contributed by atoms with Crippen molar-refractivity contribution in [2.24, 2.45) is 0 Å². The highest BCUT2D eigenvalue weighted by molar-refractivity contribution is 5.68. The van der Waals surface area contributed by atoms with Crippen LogP contribution in [0.25, 0.3) is 0 Å². The Labute approximate surface area is 98.1 Å². The lowest BCUT2D eigenvalue weighted by Gasteiger charge is -2.11. The number of carbonyl (C=O) groups is 1. The number of hydrogen-bond donors (Lipinski definition) is 1. The van der Waals surface area contributed by atoms with Crippen LogP contribution in [-0.2, 0) is 9.53 Å². The third kappa shape index (κ3) is 6.87. The van der Waals surface area contributed by atoms with Crippen LogP contribution in [0.1, 0.15) is 34.6 Å². The number of allylic oxidation sites excluding steroid dienone is 4. The molecule has 0 aliphatic heterocycles. The summed E-state index contributed by atoms with van der Waals surface area (Å²) in [5.74, 6) is -0.395. The number of aliphatic carboxylic acids is 1. The Morgan fingerprint density at radius 2 is 1.88 bits per heavy atom. The highest BCUT2D eigenvalue weighted by Crippen LogP contribution is 2.16. The van der Waals surface area contributed by atoms with Gasteiger partial charge in [0.1, 0.15) is 5.76 Å². The van der Waals surface area contributed by atoms with Gasteiger partial charge in [-0.05, 0) is 31.9 Å². The Kier molecular flexibility index (Phi) is 10.6. The maximum atomic E-state index is 10.3. The molecule has 1 N–H and O–H groups in total. The normalized spacial score (nSPS) is 11.9. The van der Waals surface area contributed by atoms with Crippen LogP contribution in [0.3, 0.4) is 0 Å². The van der Waals surface area contributed by atoms with E-state index in [1.165, 1.54) is 0 Å². The fourth-order valence-electron chi connectivity index (χ4n) is 0.896. The smallest absolute Gasteiger partial charge is 0.341 e. The van der Waals surface area contributed by atoms with Crippen molar-refractivity contribution in [1.29, 1.82) is 0 Å². The van der Waals surface area contributed by atoms with Gasteiger partial charge in [-0.15, -0.1) is 0 Å². The van der Waals surface area contributed by atoms with Crippen LogP contribution >= 0.6 is 0 Å². The van der Waals surface area contributed by atoms with Crippen molar-refractivity contribution in [3.63, 3.8) is 0 Å². The highest BCUT2D eigenvalue weighted by Gasteiger charge is 2.06. The van der Waals surface area contributed by atoms with Crippen molar-refractivity contribution in [3.8, 4) is 0 Å². The summed E-state index contributed by atoms with van der Waals surface area (Å²) in [7, 11) is 0. The molecule has 3 nitrogen and oxygen atoms in total. The van der Waals surface area contributed by atoms with Crippen molar-refractivity contribution in [1.82, 2.24) is 0 Å². The first-order valence-corrected chi connectivity index (χ1v) is 5.34. The lowest BCUT2D eigenvalue weighted by Crippen LogP contribution is -2.08. The highest BCUT2D eigenvalue weighted by atomic mass is 16.5. The van der Waals surface area contributed by atoms with E-state index in [1.54, 1.807) is 6.08 Å². The average Bonchev–Trinajstić information content (AvgIpc) is 2.30. The fourth-order valence-corrected chi connectivity index (χ4v) is 0.896. The predicted molar refractivity (Wildman–Crippen MR) is 67.3 cm³/mol. The Balaban J connectivity index is 0. The fraction of sp³-hybridized carbons (Fsp3) is 0.462. The Morgan fingerprint density at radius 1 is 1.38 bits per heavy atom. The van der Waals surface area contributed by atoms with Gasteiger partial charge in [0.2, 0.25) is 0 Å². The molecule has 0 aliphatic carbocycles. The molecule has 16 heavy (non-hydrogen) atoms. The molecule has 0 aliphatic rings. The van der Waals surface area contributed by atoms with E-state index in [4.69, 9.17) is 9.84 Å². The van der Waals surface area contributed by atoms with Crippen molar-refractivity contribution >= 4 is 5.97 Å². The Morgan fingerprint density at radius 3 is 2.19 bits per heavy atom. The number of rotatable bonds is 5. The molecular formula is C13H22O3. The Hall–Kier alpha value is -1.51. The van der Waals surface area contributed by atoms with E-state index in [-0.39, 0.29) is 6.61 Å². The minimum Gasteiger partial charge on any atom is -0.481 e. The van der Waals surface area contributed by atoms with E-state index in [1.807, 2.05) is 40.7 Å². The molecule has 0 aromatic rings.